The van der Waals surface area contributed by atoms with Gasteiger partial charge >= 0.3 is 0 Å². The van der Waals surface area contributed by atoms with Gasteiger partial charge in [0.25, 0.3) is 0 Å². The van der Waals surface area contributed by atoms with Crippen molar-refractivity contribution in [2.24, 2.45) is 5.92 Å². The first-order valence-corrected chi connectivity index (χ1v) is 6.17. The van der Waals surface area contributed by atoms with E-state index in [0.717, 1.165) is 19.3 Å². The van der Waals surface area contributed by atoms with Crippen molar-refractivity contribution in [2.45, 2.75) is 51.9 Å². The van der Waals surface area contributed by atoms with Gasteiger partial charge in [0.2, 0.25) is 0 Å². The van der Waals surface area contributed by atoms with Gasteiger partial charge in [-0.25, -0.2) is 0 Å². The molecule has 0 radical (unpaired) electrons. The fraction of sp³-hybridized carbons (Fsp3) is 0.600. The largest absolute Gasteiger partial charge is 0.0999 e. The molecule has 0 nitrogen and oxygen atoms in total. The molecule has 0 N–H and O–H groups in total. The molecule has 0 aromatic carbocycles. The maximum atomic E-state index is 4.14. The van der Waals surface area contributed by atoms with E-state index in [0.29, 0.717) is 5.92 Å². The first-order valence-electron chi connectivity index (χ1n) is 6.17. The lowest BCUT2D eigenvalue weighted by atomic mass is 9.92. The van der Waals surface area contributed by atoms with Crippen LogP contribution in [0.25, 0.3) is 0 Å². The van der Waals surface area contributed by atoms with Crippen molar-refractivity contribution >= 4 is 0 Å². The van der Waals surface area contributed by atoms with Crippen molar-refractivity contribution in [3.05, 3.63) is 36.5 Å². The maximum absolute atomic E-state index is 4.14. The molecule has 1 fully saturated rings. The molecule has 84 valence electrons. The van der Waals surface area contributed by atoms with Gasteiger partial charge in [-0.3, -0.25) is 0 Å². The third kappa shape index (κ3) is 3.70. The lowest BCUT2D eigenvalue weighted by Crippen LogP contribution is -1.99. The lowest BCUT2D eigenvalue weighted by Gasteiger charge is -2.13. The number of hydrogen-bond acceptors (Lipinski definition) is 0. The molecule has 0 aromatic heterocycles. The summed E-state index contributed by atoms with van der Waals surface area (Å²) < 4.78 is 0. The topological polar surface area (TPSA) is 0 Å². The quantitative estimate of drug-likeness (QED) is 0.532. The van der Waals surface area contributed by atoms with E-state index in [-0.39, 0.29) is 0 Å². The molecule has 0 saturated heterocycles. The SMILES string of the molecule is C=C(CCCC)CCC1C(=C)CCC1=C. The van der Waals surface area contributed by atoms with E-state index in [1.54, 1.807) is 0 Å². The Hall–Kier alpha value is -0.780. The molecule has 0 heteroatoms. The molecule has 0 amide bonds. The van der Waals surface area contributed by atoms with Crippen LogP contribution in [0.1, 0.15) is 51.9 Å². The predicted molar refractivity (Wildman–Crippen MR) is 68.9 cm³/mol. The molecular weight excluding hydrogens is 180 g/mol. The van der Waals surface area contributed by atoms with Gasteiger partial charge in [0.15, 0.2) is 0 Å². The zero-order chi connectivity index (χ0) is 11.3. The second-order valence-corrected chi connectivity index (χ2v) is 4.76. The van der Waals surface area contributed by atoms with E-state index in [9.17, 15) is 0 Å². The summed E-state index contributed by atoms with van der Waals surface area (Å²) in [4.78, 5) is 0. The molecule has 0 unspecified atom stereocenters. The van der Waals surface area contributed by atoms with E-state index in [1.807, 2.05) is 0 Å². The second-order valence-electron chi connectivity index (χ2n) is 4.76. The highest BCUT2D eigenvalue weighted by Gasteiger charge is 2.22. The van der Waals surface area contributed by atoms with Crippen molar-refractivity contribution in [3.8, 4) is 0 Å². The van der Waals surface area contributed by atoms with Crippen LogP contribution >= 0.6 is 0 Å². The van der Waals surface area contributed by atoms with Gasteiger partial charge in [0.05, 0.1) is 0 Å². The van der Waals surface area contributed by atoms with Crippen LogP contribution in [-0.2, 0) is 0 Å². The summed E-state index contributed by atoms with van der Waals surface area (Å²) >= 11 is 0. The van der Waals surface area contributed by atoms with Crippen LogP contribution in [0.5, 0.6) is 0 Å². The Labute approximate surface area is 94.8 Å². The van der Waals surface area contributed by atoms with Gasteiger partial charge < -0.3 is 0 Å². The Morgan fingerprint density at radius 2 is 1.80 bits per heavy atom. The average Bonchev–Trinajstić information content (AvgIpc) is 2.53. The number of rotatable bonds is 6. The second kappa shape index (κ2) is 5.95. The normalized spacial score (nSPS) is 17.4. The van der Waals surface area contributed by atoms with E-state index < -0.39 is 0 Å². The Morgan fingerprint density at radius 3 is 2.33 bits per heavy atom. The van der Waals surface area contributed by atoms with Crippen LogP contribution in [0.15, 0.2) is 36.5 Å². The minimum Gasteiger partial charge on any atom is -0.0999 e. The fourth-order valence-electron chi connectivity index (χ4n) is 2.27. The first kappa shape index (κ1) is 12.3. The molecule has 1 aliphatic rings. The van der Waals surface area contributed by atoms with Crippen LogP contribution in [0.2, 0.25) is 0 Å². The minimum atomic E-state index is 0.586. The van der Waals surface area contributed by atoms with E-state index in [4.69, 9.17) is 0 Å². The predicted octanol–water partition coefficient (Wildman–Crippen LogP) is 5.04. The number of unbranched alkanes of at least 4 members (excludes halogenated alkanes) is 1. The zero-order valence-corrected chi connectivity index (χ0v) is 10.1. The molecule has 0 spiro atoms. The van der Waals surface area contributed by atoms with Gasteiger partial charge in [-0.05, 0) is 38.5 Å². The monoisotopic (exact) mass is 204 g/mol. The van der Waals surface area contributed by atoms with Crippen LogP contribution in [0, 0.1) is 5.92 Å². The number of allylic oxidation sites excluding steroid dienone is 3. The van der Waals surface area contributed by atoms with Gasteiger partial charge in [-0.15, -0.1) is 0 Å². The first-order chi connectivity index (χ1) is 7.15. The van der Waals surface area contributed by atoms with E-state index in [1.165, 1.54) is 42.4 Å². The lowest BCUT2D eigenvalue weighted by molar-refractivity contribution is 0.643. The van der Waals surface area contributed by atoms with Crippen molar-refractivity contribution in [1.29, 1.82) is 0 Å². The molecule has 0 bridgehead atoms. The highest BCUT2D eigenvalue weighted by atomic mass is 14.3. The Balaban J connectivity index is 2.27. The van der Waals surface area contributed by atoms with Crippen LogP contribution in [0.4, 0.5) is 0 Å². The molecule has 1 aliphatic carbocycles. The summed E-state index contributed by atoms with van der Waals surface area (Å²) in [5.41, 5.74) is 4.19. The molecule has 1 rings (SSSR count). The summed E-state index contributed by atoms with van der Waals surface area (Å²) in [6.07, 6.45) is 8.41. The minimum absolute atomic E-state index is 0.586. The molecule has 15 heavy (non-hydrogen) atoms. The Morgan fingerprint density at radius 1 is 1.20 bits per heavy atom. The molecule has 1 saturated carbocycles. The maximum Gasteiger partial charge on any atom is 0.000481 e. The van der Waals surface area contributed by atoms with Crippen LogP contribution < -0.4 is 0 Å². The summed E-state index contributed by atoms with van der Waals surface area (Å²) in [5.74, 6) is 0.586. The van der Waals surface area contributed by atoms with Gasteiger partial charge in [0, 0.05) is 5.92 Å². The standard InChI is InChI=1S/C15H24/c1-5-6-7-12(2)8-11-15-13(3)9-10-14(15)4/h15H,2-11H2,1H3. The van der Waals surface area contributed by atoms with Crippen LogP contribution in [0.3, 0.4) is 0 Å². The molecular formula is C15H24. The fourth-order valence-corrected chi connectivity index (χ4v) is 2.27. The molecule has 0 heterocycles. The van der Waals surface area contributed by atoms with Crippen molar-refractivity contribution in [3.63, 3.8) is 0 Å². The van der Waals surface area contributed by atoms with Gasteiger partial charge in [0.1, 0.15) is 0 Å². The van der Waals surface area contributed by atoms with Crippen molar-refractivity contribution < 1.29 is 0 Å². The van der Waals surface area contributed by atoms with E-state index in [2.05, 4.69) is 26.7 Å². The number of hydrogen-bond donors (Lipinski definition) is 0. The summed E-state index contributed by atoms with van der Waals surface area (Å²) in [6, 6.07) is 0. The summed E-state index contributed by atoms with van der Waals surface area (Å²) in [6.45, 7) is 14.6. The third-order valence-corrected chi connectivity index (χ3v) is 3.42. The average molecular weight is 204 g/mol. The van der Waals surface area contributed by atoms with Crippen molar-refractivity contribution in [2.75, 3.05) is 0 Å². The molecule has 0 aliphatic heterocycles. The molecule has 0 atom stereocenters. The van der Waals surface area contributed by atoms with Crippen molar-refractivity contribution in [1.82, 2.24) is 0 Å². The van der Waals surface area contributed by atoms with Gasteiger partial charge in [-0.1, -0.05) is 49.8 Å². The molecule has 0 aromatic rings. The van der Waals surface area contributed by atoms with E-state index >= 15 is 0 Å². The third-order valence-electron chi connectivity index (χ3n) is 3.42. The smallest absolute Gasteiger partial charge is 0.000481 e. The highest BCUT2D eigenvalue weighted by Crippen LogP contribution is 2.37. The summed E-state index contributed by atoms with van der Waals surface area (Å²) in [5, 5.41) is 0. The Bertz CT molecular complexity index is 241. The Kier molecular flexibility index (Phi) is 4.87. The zero-order valence-electron chi connectivity index (χ0n) is 10.1. The van der Waals surface area contributed by atoms with Gasteiger partial charge in [-0.2, -0.15) is 0 Å². The highest BCUT2D eigenvalue weighted by molar-refractivity contribution is 5.24. The summed E-state index contributed by atoms with van der Waals surface area (Å²) in [7, 11) is 0. The van der Waals surface area contributed by atoms with Crippen LogP contribution in [-0.4, -0.2) is 0 Å².